The van der Waals surface area contributed by atoms with Crippen LogP contribution in [-0.4, -0.2) is 73.8 Å². The highest BCUT2D eigenvalue weighted by Crippen LogP contribution is 2.35. The quantitative estimate of drug-likeness (QED) is 0.697. The molecule has 2 amide bonds. The number of nitrogens with one attached hydrogen (secondary N) is 2. The molecule has 152 valence electrons. The fraction of sp³-hybridized carbons (Fsp3) is 0.765. The van der Waals surface area contributed by atoms with Gasteiger partial charge in [-0.05, 0) is 45.2 Å². The molecule has 1 aliphatic heterocycles. The van der Waals surface area contributed by atoms with Crippen molar-refractivity contribution in [1.82, 2.24) is 24.7 Å². The van der Waals surface area contributed by atoms with E-state index in [4.69, 9.17) is 4.74 Å². The third kappa shape index (κ3) is 4.80. The van der Waals surface area contributed by atoms with Crippen LogP contribution in [0.1, 0.15) is 32.2 Å². The molecule has 2 fully saturated rings. The van der Waals surface area contributed by atoms with Crippen molar-refractivity contribution in [2.24, 2.45) is 5.92 Å². The smallest absolute Gasteiger partial charge is 0.317 e. The zero-order chi connectivity index (χ0) is 19.4. The molecule has 0 radical (unpaired) electrons. The summed E-state index contributed by atoms with van der Waals surface area (Å²) >= 11 is 0. The van der Waals surface area contributed by atoms with E-state index >= 15 is 0 Å². The Morgan fingerprint density at radius 1 is 1.41 bits per heavy atom. The second-order valence-electron chi connectivity index (χ2n) is 7.20. The maximum Gasteiger partial charge on any atom is 0.317 e. The molecular formula is C17H29N5O4S. The number of urea groups is 1. The van der Waals surface area contributed by atoms with Crippen LogP contribution in [0.15, 0.2) is 18.5 Å². The monoisotopic (exact) mass is 399 g/mol. The lowest BCUT2D eigenvalue weighted by Crippen LogP contribution is -2.60. The summed E-state index contributed by atoms with van der Waals surface area (Å²) in [4.78, 5) is 14.5. The summed E-state index contributed by atoms with van der Waals surface area (Å²) in [6, 6.07) is 1.65. The Hall–Kier alpha value is -1.65. The van der Waals surface area contributed by atoms with Gasteiger partial charge in [0.05, 0.1) is 23.9 Å². The molecule has 2 aliphatic rings. The molecule has 2 N–H and O–H groups in total. The molecule has 10 heteroatoms. The van der Waals surface area contributed by atoms with Crippen LogP contribution >= 0.6 is 0 Å². The van der Waals surface area contributed by atoms with Gasteiger partial charge >= 0.3 is 6.03 Å². The summed E-state index contributed by atoms with van der Waals surface area (Å²) in [6.45, 7) is 3.69. The van der Waals surface area contributed by atoms with Crippen LogP contribution in [0.25, 0.3) is 0 Å². The summed E-state index contributed by atoms with van der Waals surface area (Å²) in [6.07, 6.45) is 6.01. The van der Waals surface area contributed by atoms with Gasteiger partial charge in [0.2, 0.25) is 10.0 Å². The molecule has 4 atom stereocenters. The predicted octanol–water partition coefficient (Wildman–Crippen LogP) is 0.572. The Balaban J connectivity index is 1.58. The van der Waals surface area contributed by atoms with E-state index in [0.29, 0.717) is 19.7 Å². The topological polar surface area (TPSA) is 106 Å². The number of amides is 2. The van der Waals surface area contributed by atoms with E-state index in [0.717, 1.165) is 19.3 Å². The summed E-state index contributed by atoms with van der Waals surface area (Å²) in [5.74, 6) is 0.0143. The van der Waals surface area contributed by atoms with Gasteiger partial charge in [0.15, 0.2) is 0 Å². The Morgan fingerprint density at radius 3 is 2.89 bits per heavy atom. The average molecular weight is 400 g/mol. The molecule has 3 rings (SSSR count). The minimum atomic E-state index is -3.27. The lowest BCUT2D eigenvalue weighted by Gasteiger charge is -2.45. The number of piperidine rings is 1. The number of sulfonamides is 1. The zero-order valence-corrected chi connectivity index (χ0v) is 16.7. The van der Waals surface area contributed by atoms with Crippen LogP contribution < -0.4 is 10.0 Å². The SMILES string of the molecule is CCOC1CC(NC(=O)N2CCCC(CS(=O)(=O)NC)C2)C1n1cccn1. The molecule has 0 aromatic carbocycles. The summed E-state index contributed by atoms with van der Waals surface area (Å²) in [5, 5.41) is 7.39. The highest BCUT2D eigenvalue weighted by Gasteiger charge is 2.45. The molecule has 1 saturated heterocycles. The summed E-state index contributed by atoms with van der Waals surface area (Å²) in [7, 11) is -1.85. The molecule has 1 aromatic heterocycles. The maximum atomic E-state index is 12.7. The van der Waals surface area contributed by atoms with Crippen molar-refractivity contribution in [2.75, 3.05) is 32.5 Å². The average Bonchev–Trinajstić information content (AvgIpc) is 3.14. The third-order valence-electron chi connectivity index (χ3n) is 5.37. The van der Waals surface area contributed by atoms with E-state index < -0.39 is 10.0 Å². The van der Waals surface area contributed by atoms with Gasteiger partial charge in [-0.2, -0.15) is 5.10 Å². The second-order valence-corrected chi connectivity index (χ2v) is 9.17. The number of ether oxygens (including phenoxy) is 1. The normalized spacial score (nSPS) is 28.6. The first kappa shape index (κ1) is 20.1. The van der Waals surface area contributed by atoms with Crippen molar-refractivity contribution >= 4 is 16.1 Å². The Bertz CT molecular complexity index is 724. The molecule has 0 spiro atoms. The first-order valence-corrected chi connectivity index (χ1v) is 11.2. The van der Waals surface area contributed by atoms with Gasteiger partial charge in [-0.3, -0.25) is 4.68 Å². The van der Waals surface area contributed by atoms with E-state index in [2.05, 4.69) is 15.1 Å². The number of carbonyl (C=O) groups excluding carboxylic acids is 1. The van der Waals surface area contributed by atoms with Crippen LogP contribution in [0.2, 0.25) is 0 Å². The van der Waals surface area contributed by atoms with Crippen molar-refractivity contribution in [2.45, 2.75) is 44.4 Å². The maximum absolute atomic E-state index is 12.7. The summed E-state index contributed by atoms with van der Waals surface area (Å²) < 4.78 is 33.5. The fourth-order valence-electron chi connectivity index (χ4n) is 3.96. The number of nitrogens with zero attached hydrogens (tertiary/aromatic N) is 3. The number of rotatable bonds is 7. The Morgan fingerprint density at radius 2 is 2.22 bits per heavy atom. The number of likely N-dealkylation sites (tertiary alicyclic amines) is 1. The van der Waals surface area contributed by atoms with Crippen LogP contribution in [0.3, 0.4) is 0 Å². The predicted molar refractivity (Wildman–Crippen MR) is 101 cm³/mol. The van der Waals surface area contributed by atoms with Crippen molar-refractivity contribution in [3.05, 3.63) is 18.5 Å². The van der Waals surface area contributed by atoms with Crippen molar-refractivity contribution in [3.63, 3.8) is 0 Å². The lowest BCUT2D eigenvalue weighted by molar-refractivity contribution is -0.0584. The van der Waals surface area contributed by atoms with Gasteiger partial charge in [-0.15, -0.1) is 0 Å². The highest BCUT2D eigenvalue weighted by atomic mass is 32.2. The molecular weight excluding hydrogens is 370 g/mol. The minimum absolute atomic E-state index is 0.0193. The van der Waals surface area contributed by atoms with Crippen LogP contribution in [-0.2, 0) is 14.8 Å². The molecule has 4 unspecified atom stereocenters. The Kier molecular flexibility index (Phi) is 6.38. The van der Waals surface area contributed by atoms with E-state index in [1.54, 1.807) is 11.1 Å². The summed E-state index contributed by atoms with van der Waals surface area (Å²) in [5.41, 5.74) is 0. The van der Waals surface area contributed by atoms with Gasteiger partial charge in [-0.1, -0.05) is 0 Å². The molecule has 1 aromatic rings. The first-order valence-electron chi connectivity index (χ1n) is 9.51. The number of hydrogen-bond acceptors (Lipinski definition) is 5. The van der Waals surface area contributed by atoms with E-state index in [-0.39, 0.29) is 35.9 Å². The molecule has 1 saturated carbocycles. The van der Waals surface area contributed by atoms with Crippen LogP contribution in [0.5, 0.6) is 0 Å². The van der Waals surface area contributed by atoms with Gasteiger partial charge in [0.25, 0.3) is 0 Å². The van der Waals surface area contributed by atoms with Crippen LogP contribution in [0, 0.1) is 5.92 Å². The van der Waals surface area contributed by atoms with Gasteiger partial charge in [0.1, 0.15) is 0 Å². The van der Waals surface area contributed by atoms with E-state index in [9.17, 15) is 13.2 Å². The molecule has 27 heavy (non-hydrogen) atoms. The molecule has 2 heterocycles. The zero-order valence-electron chi connectivity index (χ0n) is 15.9. The number of aromatic nitrogens is 2. The Labute approximate surface area is 160 Å². The minimum Gasteiger partial charge on any atom is -0.376 e. The third-order valence-corrected chi connectivity index (χ3v) is 6.90. The van der Waals surface area contributed by atoms with Crippen molar-refractivity contribution in [3.8, 4) is 0 Å². The van der Waals surface area contributed by atoms with E-state index in [1.165, 1.54) is 7.05 Å². The van der Waals surface area contributed by atoms with E-state index in [1.807, 2.05) is 23.9 Å². The van der Waals surface area contributed by atoms with Gasteiger partial charge in [-0.25, -0.2) is 17.9 Å². The molecule has 0 bridgehead atoms. The number of carbonyl (C=O) groups is 1. The van der Waals surface area contributed by atoms with Gasteiger partial charge in [0, 0.05) is 32.1 Å². The van der Waals surface area contributed by atoms with Gasteiger partial charge < -0.3 is 15.0 Å². The van der Waals surface area contributed by atoms with Crippen LogP contribution in [0.4, 0.5) is 4.79 Å². The largest absolute Gasteiger partial charge is 0.376 e. The number of hydrogen-bond donors (Lipinski definition) is 2. The molecule has 1 aliphatic carbocycles. The first-order chi connectivity index (χ1) is 12.9. The highest BCUT2D eigenvalue weighted by molar-refractivity contribution is 7.89. The molecule has 9 nitrogen and oxygen atoms in total. The second kappa shape index (κ2) is 8.57. The van der Waals surface area contributed by atoms with Crippen molar-refractivity contribution < 1.29 is 17.9 Å². The standard InChI is InChI=1S/C17H29N5O4S/c1-3-26-15-10-14(16(15)22-9-5-7-19-22)20-17(23)21-8-4-6-13(11-21)12-27(24,25)18-2/h5,7,9,13-16,18H,3-4,6,8,10-12H2,1-2H3,(H,20,23). The lowest BCUT2D eigenvalue weighted by atomic mass is 9.82. The fourth-order valence-corrected chi connectivity index (χ4v) is 5.02. The van der Waals surface area contributed by atoms with Crippen molar-refractivity contribution in [1.29, 1.82) is 0 Å².